The molecule has 0 radical (unpaired) electrons. The Bertz CT molecular complexity index is 800. The van der Waals surface area contributed by atoms with Crippen LogP contribution in [0.3, 0.4) is 0 Å². The molecular formula is C20H25N5O2. The lowest BCUT2D eigenvalue weighted by Crippen LogP contribution is -2.45. The summed E-state index contributed by atoms with van der Waals surface area (Å²) in [4.78, 5) is 32.9. The van der Waals surface area contributed by atoms with Crippen molar-refractivity contribution >= 4 is 17.6 Å². The van der Waals surface area contributed by atoms with E-state index >= 15 is 0 Å². The molecule has 1 unspecified atom stereocenters. The zero-order valence-corrected chi connectivity index (χ0v) is 15.5. The number of aryl methyl sites for hydroxylation is 2. The van der Waals surface area contributed by atoms with Crippen molar-refractivity contribution in [1.29, 1.82) is 5.26 Å². The Morgan fingerprint density at radius 3 is 2.78 bits per heavy atom. The van der Waals surface area contributed by atoms with E-state index in [9.17, 15) is 14.9 Å². The van der Waals surface area contributed by atoms with Crippen LogP contribution in [0.15, 0.2) is 6.07 Å². The summed E-state index contributed by atoms with van der Waals surface area (Å²) in [7, 11) is 0. The maximum Gasteiger partial charge on any atom is 0.245 e. The number of hydrogen-bond donors (Lipinski definition) is 1. The van der Waals surface area contributed by atoms with E-state index in [4.69, 9.17) is 4.98 Å². The zero-order valence-electron chi connectivity index (χ0n) is 15.5. The second-order valence-electron chi connectivity index (χ2n) is 7.61. The molecule has 7 heteroatoms. The van der Waals surface area contributed by atoms with Gasteiger partial charge in [-0.15, -0.1) is 0 Å². The normalized spacial score (nSPS) is 22.6. The summed E-state index contributed by atoms with van der Waals surface area (Å²) in [5.74, 6) is 0.741. The van der Waals surface area contributed by atoms with Crippen LogP contribution in [0.2, 0.25) is 0 Å². The van der Waals surface area contributed by atoms with Gasteiger partial charge in [0, 0.05) is 38.3 Å². The molecule has 1 N–H and O–H groups in total. The number of anilines is 1. The number of carbonyl (C=O) groups is 2. The average Bonchev–Trinajstić information content (AvgIpc) is 2.98. The van der Waals surface area contributed by atoms with Crippen LogP contribution in [0.25, 0.3) is 0 Å². The quantitative estimate of drug-likeness (QED) is 0.847. The summed E-state index contributed by atoms with van der Waals surface area (Å²) >= 11 is 0. The fourth-order valence-corrected chi connectivity index (χ4v) is 4.32. The number of nitriles is 1. The summed E-state index contributed by atoms with van der Waals surface area (Å²) in [6, 6.07) is 3.95. The van der Waals surface area contributed by atoms with Gasteiger partial charge in [-0.05, 0) is 50.2 Å². The zero-order chi connectivity index (χ0) is 18.8. The first kappa shape index (κ1) is 17.8. The van der Waals surface area contributed by atoms with Gasteiger partial charge in [-0.2, -0.15) is 5.26 Å². The highest BCUT2D eigenvalue weighted by atomic mass is 16.2. The van der Waals surface area contributed by atoms with Crippen molar-refractivity contribution < 1.29 is 9.59 Å². The van der Waals surface area contributed by atoms with Crippen molar-refractivity contribution in [2.75, 3.05) is 31.1 Å². The first-order valence-electron chi connectivity index (χ1n) is 9.91. The molecule has 3 aliphatic rings. The summed E-state index contributed by atoms with van der Waals surface area (Å²) in [5, 5.41) is 12.4. The topological polar surface area (TPSA) is 89.3 Å². The molecule has 1 aromatic rings. The van der Waals surface area contributed by atoms with Crippen molar-refractivity contribution in [2.45, 2.75) is 51.0 Å². The molecule has 7 nitrogen and oxygen atoms in total. The highest BCUT2D eigenvalue weighted by Gasteiger charge is 2.32. The molecule has 3 heterocycles. The highest BCUT2D eigenvalue weighted by molar-refractivity contribution is 5.90. The summed E-state index contributed by atoms with van der Waals surface area (Å²) < 4.78 is 0. The van der Waals surface area contributed by atoms with Crippen molar-refractivity contribution in [3.05, 3.63) is 22.9 Å². The molecule has 1 aromatic heterocycles. The maximum absolute atomic E-state index is 12.7. The predicted molar refractivity (Wildman–Crippen MR) is 100 cm³/mol. The van der Waals surface area contributed by atoms with E-state index in [0.717, 1.165) is 50.2 Å². The molecule has 0 spiro atoms. The van der Waals surface area contributed by atoms with Crippen molar-refractivity contribution in [3.8, 4) is 6.07 Å². The summed E-state index contributed by atoms with van der Waals surface area (Å²) in [5.41, 5.74) is 2.98. The molecule has 27 heavy (non-hydrogen) atoms. The van der Waals surface area contributed by atoms with E-state index in [1.165, 1.54) is 5.56 Å². The van der Waals surface area contributed by atoms with Gasteiger partial charge in [0.05, 0.1) is 5.56 Å². The largest absolute Gasteiger partial charge is 0.354 e. The van der Waals surface area contributed by atoms with Crippen LogP contribution in [-0.2, 0) is 22.4 Å². The Kier molecular flexibility index (Phi) is 4.97. The van der Waals surface area contributed by atoms with Crippen LogP contribution in [0.5, 0.6) is 0 Å². The third kappa shape index (κ3) is 3.61. The molecule has 1 aliphatic carbocycles. The van der Waals surface area contributed by atoms with E-state index in [-0.39, 0.29) is 17.9 Å². The van der Waals surface area contributed by atoms with Crippen LogP contribution in [-0.4, -0.2) is 53.9 Å². The van der Waals surface area contributed by atoms with Gasteiger partial charge in [0.2, 0.25) is 11.8 Å². The molecule has 0 saturated carbocycles. The van der Waals surface area contributed by atoms with E-state index in [1.54, 1.807) is 0 Å². The number of rotatable bonds is 2. The third-order valence-electron chi connectivity index (χ3n) is 5.80. The summed E-state index contributed by atoms with van der Waals surface area (Å²) in [6.45, 7) is 2.71. The van der Waals surface area contributed by atoms with Gasteiger partial charge in [-0.25, -0.2) is 4.98 Å². The van der Waals surface area contributed by atoms with Gasteiger partial charge in [0.1, 0.15) is 17.9 Å². The third-order valence-corrected chi connectivity index (χ3v) is 5.80. The van der Waals surface area contributed by atoms with Crippen LogP contribution < -0.4 is 10.2 Å². The standard InChI is InChI=1S/C20H25N5O2/c21-13-15-12-14-4-1-2-5-16(14)23-19(15)24-8-3-9-25(11-10-24)20(27)17-6-7-18(26)22-17/h12,17H,1-11H2,(H,22,26). The van der Waals surface area contributed by atoms with Gasteiger partial charge in [-0.1, -0.05) is 0 Å². The lowest BCUT2D eigenvalue weighted by Gasteiger charge is -2.26. The van der Waals surface area contributed by atoms with Crippen molar-refractivity contribution in [2.24, 2.45) is 0 Å². The number of pyridine rings is 1. The average molecular weight is 367 g/mol. The monoisotopic (exact) mass is 367 g/mol. The molecule has 2 aliphatic heterocycles. The number of hydrogen-bond acceptors (Lipinski definition) is 5. The van der Waals surface area contributed by atoms with Crippen molar-refractivity contribution in [3.63, 3.8) is 0 Å². The lowest BCUT2D eigenvalue weighted by atomic mass is 9.95. The number of aromatic nitrogens is 1. The molecule has 2 fully saturated rings. The molecule has 1 atom stereocenters. The van der Waals surface area contributed by atoms with Gasteiger partial charge >= 0.3 is 0 Å². The minimum absolute atomic E-state index is 0.0154. The van der Waals surface area contributed by atoms with Crippen LogP contribution in [0.1, 0.15) is 48.9 Å². The molecule has 0 aromatic carbocycles. The number of nitrogens with one attached hydrogen (secondary N) is 1. The Balaban J connectivity index is 1.49. The summed E-state index contributed by atoms with van der Waals surface area (Å²) in [6.07, 6.45) is 6.15. The first-order chi connectivity index (χ1) is 13.2. The van der Waals surface area contributed by atoms with E-state index < -0.39 is 0 Å². The predicted octanol–water partition coefficient (Wildman–Crippen LogP) is 1.15. The second kappa shape index (κ2) is 7.55. The van der Waals surface area contributed by atoms with Gasteiger partial charge in [0.25, 0.3) is 0 Å². The van der Waals surface area contributed by atoms with Gasteiger partial charge in [0.15, 0.2) is 0 Å². The molecule has 0 bridgehead atoms. The Labute approximate surface area is 159 Å². The smallest absolute Gasteiger partial charge is 0.245 e. The minimum atomic E-state index is -0.374. The van der Waals surface area contributed by atoms with E-state index in [0.29, 0.717) is 38.0 Å². The maximum atomic E-state index is 12.7. The highest BCUT2D eigenvalue weighted by Crippen LogP contribution is 2.27. The number of amides is 2. The van der Waals surface area contributed by atoms with Crippen molar-refractivity contribution in [1.82, 2.24) is 15.2 Å². The number of carbonyl (C=O) groups excluding carboxylic acids is 2. The van der Waals surface area contributed by atoms with Crippen LogP contribution in [0.4, 0.5) is 5.82 Å². The molecule has 2 saturated heterocycles. The van der Waals surface area contributed by atoms with E-state index in [1.807, 2.05) is 11.0 Å². The molecule has 4 rings (SSSR count). The van der Waals surface area contributed by atoms with Gasteiger partial charge in [-0.3, -0.25) is 9.59 Å². The van der Waals surface area contributed by atoms with E-state index in [2.05, 4.69) is 16.3 Å². The fraction of sp³-hybridized carbons (Fsp3) is 0.600. The molecular weight excluding hydrogens is 342 g/mol. The van der Waals surface area contributed by atoms with Gasteiger partial charge < -0.3 is 15.1 Å². The minimum Gasteiger partial charge on any atom is -0.354 e. The Morgan fingerprint density at radius 1 is 1.15 bits per heavy atom. The molecule has 142 valence electrons. The number of nitrogens with zero attached hydrogens (tertiary/aromatic N) is 4. The molecule has 2 amide bonds. The number of fused-ring (bicyclic) bond motifs is 1. The van der Waals surface area contributed by atoms with Crippen LogP contribution in [0, 0.1) is 11.3 Å². The first-order valence-corrected chi connectivity index (χ1v) is 9.91. The Hall–Kier alpha value is -2.62. The lowest BCUT2D eigenvalue weighted by molar-refractivity contribution is -0.134. The van der Waals surface area contributed by atoms with Crippen LogP contribution >= 0.6 is 0 Å². The Morgan fingerprint density at radius 2 is 2.00 bits per heavy atom. The SMILES string of the molecule is N#Cc1cc2c(nc1N1CCCN(C(=O)C3CCC(=O)N3)CC1)CCCC2. The second-order valence-corrected chi connectivity index (χ2v) is 7.61. The fourth-order valence-electron chi connectivity index (χ4n) is 4.32.